The Hall–Kier alpha value is -1.40. The van der Waals surface area contributed by atoms with Crippen LogP contribution in [-0.2, 0) is 9.53 Å². The Labute approximate surface area is 134 Å². The standard InChI is InChI=1S/C16H21NO4S/c1-19-13-2-4-14(5-3-13)20-12-15(18)17-8-6-16(7-9-17)21-10-11-22-16/h2-5H,6-12H2,1H3. The molecule has 2 fully saturated rings. The molecule has 1 aromatic rings. The zero-order valence-electron chi connectivity index (χ0n) is 12.7. The minimum absolute atomic E-state index is 0.0341. The van der Waals surface area contributed by atoms with Crippen molar-refractivity contribution in [3.63, 3.8) is 0 Å². The molecule has 2 aliphatic rings. The van der Waals surface area contributed by atoms with Crippen molar-refractivity contribution in [2.24, 2.45) is 0 Å². The summed E-state index contributed by atoms with van der Waals surface area (Å²) < 4.78 is 16.5. The van der Waals surface area contributed by atoms with Gasteiger partial charge in [0, 0.05) is 31.7 Å². The molecule has 120 valence electrons. The molecule has 0 unspecified atom stereocenters. The fourth-order valence-electron chi connectivity index (χ4n) is 2.79. The maximum Gasteiger partial charge on any atom is 0.260 e. The molecule has 1 aromatic carbocycles. The molecule has 1 amide bonds. The molecule has 0 N–H and O–H groups in total. The average Bonchev–Trinajstić information content (AvgIpc) is 3.02. The highest BCUT2D eigenvalue weighted by Crippen LogP contribution is 2.41. The average molecular weight is 323 g/mol. The molecular formula is C16H21NO4S. The van der Waals surface area contributed by atoms with Gasteiger partial charge in [-0.25, -0.2) is 0 Å². The second-order valence-corrected chi connectivity index (χ2v) is 6.89. The van der Waals surface area contributed by atoms with Gasteiger partial charge < -0.3 is 19.1 Å². The number of nitrogens with zero attached hydrogens (tertiary/aromatic N) is 1. The van der Waals surface area contributed by atoms with E-state index in [2.05, 4.69) is 0 Å². The number of hydrogen-bond donors (Lipinski definition) is 0. The minimum Gasteiger partial charge on any atom is -0.497 e. The summed E-state index contributed by atoms with van der Waals surface area (Å²) in [7, 11) is 1.62. The Bertz CT molecular complexity index is 503. The normalized spacial score (nSPS) is 20.1. The van der Waals surface area contributed by atoms with Crippen LogP contribution in [0.25, 0.3) is 0 Å². The predicted molar refractivity (Wildman–Crippen MR) is 85.4 cm³/mol. The number of benzene rings is 1. The highest BCUT2D eigenvalue weighted by Gasteiger charge is 2.40. The molecule has 2 aliphatic heterocycles. The van der Waals surface area contributed by atoms with E-state index in [-0.39, 0.29) is 17.4 Å². The second kappa shape index (κ2) is 6.79. The number of methoxy groups -OCH3 is 1. The van der Waals surface area contributed by atoms with E-state index >= 15 is 0 Å². The van der Waals surface area contributed by atoms with E-state index in [1.54, 1.807) is 19.2 Å². The van der Waals surface area contributed by atoms with Gasteiger partial charge in [0.05, 0.1) is 13.7 Å². The lowest BCUT2D eigenvalue weighted by atomic mass is 10.1. The fraction of sp³-hybridized carbons (Fsp3) is 0.562. The quantitative estimate of drug-likeness (QED) is 0.850. The molecule has 0 saturated carbocycles. The van der Waals surface area contributed by atoms with Crippen molar-refractivity contribution in [2.45, 2.75) is 17.8 Å². The topological polar surface area (TPSA) is 48.0 Å². The summed E-state index contributed by atoms with van der Waals surface area (Å²) in [6.07, 6.45) is 1.82. The van der Waals surface area contributed by atoms with Gasteiger partial charge in [-0.2, -0.15) is 0 Å². The molecule has 0 atom stereocenters. The minimum atomic E-state index is -0.0341. The summed E-state index contributed by atoms with van der Waals surface area (Å²) in [5.41, 5.74) is 0. The third kappa shape index (κ3) is 3.50. The van der Waals surface area contributed by atoms with E-state index in [0.29, 0.717) is 5.75 Å². The molecule has 0 aliphatic carbocycles. The first-order valence-electron chi connectivity index (χ1n) is 7.53. The Morgan fingerprint density at radius 2 is 1.95 bits per heavy atom. The highest BCUT2D eigenvalue weighted by atomic mass is 32.2. The Kier molecular flexibility index (Phi) is 4.78. The van der Waals surface area contributed by atoms with Crippen LogP contribution in [-0.4, -0.2) is 54.9 Å². The van der Waals surface area contributed by atoms with E-state index in [0.717, 1.165) is 44.0 Å². The van der Waals surface area contributed by atoms with Crippen LogP contribution < -0.4 is 9.47 Å². The van der Waals surface area contributed by atoms with Crippen molar-refractivity contribution in [1.82, 2.24) is 4.90 Å². The van der Waals surface area contributed by atoms with Gasteiger partial charge in [-0.15, -0.1) is 11.8 Å². The largest absolute Gasteiger partial charge is 0.497 e. The zero-order valence-corrected chi connectivity index (χ0v) is 13.6. The van der Waals surface area contributed by atoms with E-state index in [1.807, 2.05) is 28.8 Å². The number of likely N-dealkylation sites (tertiary alicyclic amines) is 1. The molecule has 0 bridgehead atoms. The Balaban J connectivity index is 1.46. The molecule has 0 aromatic heterocycles. The van der Waals surface area contributed by atoms with Crippen LogP contribution in [0.4, 0.5) is 0 Å². The van der Waals surface area contributed by atoms with Gasteiger partial charge in [0.2, 0.25) is 0 Å². The van der Waals surface area contributed by atoms with Crippen LogP contribution >= 0.6 is 11.8 Å². The van der Waals surface area contributed by atoms with Crippen molar-refractivity contribution in [2.75, 3.05) is 39.2 Å². The zero-order chi connectivity index (χ0) is 15.4. The Morgan fingerprint density at radius 3 is 2.55 bits per heavy atom. The first-order chi connectivity index (χ1) is 10.7. The van der Waals surface area contributed by atoms with Crippen LogP contribution in [0.5, 0.6) is 11.5 Å². The number of rotatable bonds is 4. The highest BCUT2D eigenvalue weighted by molar-refractivity contribution is 8.00. The summed E-state index contributed by atoms with van der Waals surface area (Å²) in [6.45, 7) is 2.40. The third-order valence-corrected chi connectivity index (χ3v) is 5.54. The monoisotopic (exact) mass is 323 g/mol. The maximum absolute atomic E-state index is 12.2. The summed E-state index contributed by atoms with van der Waals surface area (Å²) in [5.74, 6) is 2.55. The summed E-state index contributed by atoms with van der Waals surface area (Å²) in [5, 5.41) is 0. The predicted octanol–water partition coefficient (Wildman–Crippen LogP) is 2.16. The first kappa shape index (κ1) is 15.5. The molecule has 3 rings (SSSR count). The van der Waals surface area contributed by atoms with Crippen LogP contribution in [0, 0.1) is 0 Å². The van der Waals surface area contributed by atoms with Crippen molar-refractivity contribution < 1.29 is 19.0 Å². The molecule has 22 heavy (non-hydrogen) atoms. The lowest BCUT2D eigenvalue weighted by Crippen LogP contribution is -2.46. The van der Waals surface area contributed by atoms with Crippen LogP contribution in [0.2, 0.25) is 0 Å². The van der Waals surface area contributed by atoms with Crippen molar-refractivity contribution in [3.8, 4) is 11.5 Å². The third-order valence-electron chi connectivity index (χ3n) is 4.11. The molecular weight excluding hydrogens is 302 g/mol. The lowest BCUT2D eigenvalue weighted by Gasteiger charge is -2.37. The molecule has 2 saturated heterocycles. The van der Waals surface area contributed by atoms with Crippen molar-refractivity contribution in [1.29, 1.82) is 0 Å². The van der Waals surface area contributed by atoms with Gasteiger partial charge in [0.15, 0.2) is 6.61 Å². The SMILES string of the molecule is COc1ccc(OCC(=O)N2CCC3(CC2)OCCS3)cc1. The molecule has 5 nitrogen and oxygen atoms in total. The van der Waals surface area contributed by atoms with Crippen LogP contribution in [0.1, 0.15) is 12.8 Å². The molecule has 0 radical (unpaired) electrons. The first-order valence-corrected chi connectivity index (χ1v) is 8.52. The van der Waals surface area contributed by atoms with Crippen molar-refractivity contribution in [3.05, 3.63) is 24.3 Å². The number of ether oxygens (including phenoxy) is 3. The van der Waals surface area contributed by atoms with E-state index in [1.165, 1.54) is 0 Å². The van der Waals surface area contributed by atoms with Gasteiger partial charge in [-0.3, -0.25) is 4.79 Å². The summed E-state index contributed by atoms with van der Waals surface area (Å²) >= 11 is 1.89. The van der Waals surface area contributed by atoms with Crippen LogP contribution in [0.3, 0.4) is 0 Å². The van der Waals surface area contributed by atoms with Crippen molar-refractivity contribution >= 4 is 17.7 Å². The number of piperidine rings is 1. The summed E-state index contributed by atoms with van der Waals surface area (Å²) in [6, 6.07) is 7.25. The maximum atomic E-state index is 12.2. The molecule has 6 heteroatoms. The van der Waals surface area contributed by atoms with Crippen LogP contribution in [0.15, 0.2) is 24.3 Å². The van der Waals surface area contributed by atoms with Gasteiger partial charge >= 0.3 is 0 Å². The number of carbonyl (C=O) groups is 1. The van der Waals surface area contributed by atoms with E-state index < -0.39 is 0 Å². The van der Waals surface area contributed by atoms with Gasteiger partial charge in [0.1, 0.15) is 16.4 Å². The van der Waals surface area contributed by atoms with Gasteiger partial charge in [0.25, 0.3) is 5.91 Å². The molecule has 1 spiro atoms. The van der Waals surface area contributed by atoms with E-state index in [9.17, 15) is 4.79 Å². The number of thioether (sulfide) groups is 1. The smallest absolute Gasteiger partial charge is 0.260 e. The Morgan fingerprint density at radius 1 is 1.27 bits per heavy atom. The number of hydrogen-bond acceptors (Lipinski definition) is 5. The number of amides is 1. The lowest BCUT2D eigenvalue weighted by molar-refractivity contribution is -0.136. The second-order valence-electron chi connectivity index (χ2n) is 5.45. The molecule has 2 heterocycles. The van der Waals surface area contributed by atoms with Gasteiger partial charge in [-0.1, -0.05) is 0 Å². The van der Waals surface area contributed by atoms with E-state index in [4.69, 9.17) is 14.2 Å². The fourth-order valence-corrected chi connectivity index (χ4v) is 3.97. The number of carbonyl (C=O) groups excluding carboxylic acids is 1. The summed E-state index contributed by atoms with van der Waals surface area (Å²) in [4.78, 5) is 14.1. The van der Waals surface area contributed by atoms with Gasteiger partial charge in [-0.05, 0) is 24.3 Å².